The SMILES string of the molecule is NC(C(=O)OCc1ccccc1)C1CNC1. The average molecular weight is 220 g/mol. The zero-order valence-electron chi connectivity index (χ0n) is 9.06. The monoisotopic (exact) mass is 220 g/mol. The van der Waals surface area contributed by atoms with Gasteiger partial charge in [-0.15, -0.1) is 0 Å². The molecule has 1 aliphatic heterocycles. The van der Waals surface area contributed by atoms with E-state index in [9.17, 15) is 4.79 Å². The molecule has 4 nitrogen and oxygen atoms in total. The number of nitrogens with two attached hydrogens (primary N) is 1. The molecular weight excluding hydrogens is 204 g/mol. The van der Waals surface area contributed by atoms with Crippen LogP contribution in [0.4, 0.5) is 0 Å². The molecule has 1 heterocycles. The number of carbonyl (C=O) groups excluding carboxylic acids is 1. The minimum Gasteiger partial charge on any atom is -0.460 e. The van der Waals surface area contributed by atoms with Crippen LogP contribution in [0.1, 0.15) is 5.56 Å². The summed E-state index contributed by atoms with van der Waals surface area (Å²) in [6.45, 7) is 1.91. The highest BCUT2D eigenvalue weighted by atomic mass is 16.5. The number of ether oxygens (including phenoxy) is 1. The number of esters is 1. The maximum absolute atomic E-state index is 11.6. The highest BCUT2D eigenvalue weighted by Crippen LogP contribution is 2.09. The van der Waals surface area contributed by atoms with Gasteiger partial charge >= 0.3 is 5.97 Å². The van der Waals surface area contributed by atoms with Crippen LogP contribution in [0.15, 0.2) is 30.3 Å². The largest absolute Gasteiger partial charge is 0.460 e. The Hall–Kier alpha value is -1.39. The molecule has 4 heteroatoms. The van der Waals surface area contributed by atoms with Gasteiger partial charge in [0, 0.05) is 19.0 Å². The lowest BCUT2D eigenvalue weighted by Gasteiger charge is -2.30. The Morgan fingerprint density at radius 2 is 2.12 bits per heavy atom. The summed E-state index contributed by atoms with van der Waals surface area (Å²) in [6, 6.07) is 9.10. The molecule has 0 amide bonds. The molecule has 1 atom stereocenters. The summed E-state index contributed by atoms with van der Waals surface area (Å²) in [4.78, 5) is 11.6. The molecule has 1 aromatic carbocycles. The fraction of sp³-hybridized carbons (Fsp3) is 0.417. The minimum atomic E-state index is -0.495. The third kappa shape index (κ3) is 2.59. The van der Waals surface area contributed by atoms with Gasteiger partial charge in [0.15, 0.2) is 0 Å². The number of benzene rings is 1. The lowest BCUT2D eigenvalue weighted by atomic mass is 9.95. The topological polar surface area (TPSA) is 64.4 Å². The molecule has 1 aliphatic rings. The lowest BCUT2D eigenvalue weighted by Crippen LogP contribution is -2.55. The third-order valence-electron chi connectivity index (χ3n) is 2.82. The van der Waals surface area contributed by atoms with Gasteiger partial charge in [-0.3, -0.25) is 4.79 Å². The highest BCUT2D eigenvalue weighted by Gasteiger charge is 2.30. The van der Waals surface area contributed by atoms with Gasteiger partial charge in [-0.25, -0.2) is 0 Å². The molecular formula is C12H16N2O2. The first-order valence-corrected chi connectivity index (χ1v) is 5.44. The van der Waals surface area contributed by atoms with Crippen molar-refractivity contribution in [3.05, 3.63) is 35.9 Å². The highest BCUT2D eigenvalue weighted by molar-refractivity contribution is 5.76. The van der Waals surface area contributed by atoms with Crippen LogP contribution >= 0.6 is 0 Å². The van der Waals surface area contributed by atoms with E-state index < -0.39 is 6.04 Å². The van der Waals surface area contributed by atoms with Crippen LogP contribution in [0.5, 0.6) is 0 Å². The van der Waals surface area contributed by atoms with E-state index in [1.807, 2.05) is 30.3 Å². The maximum atomic E-state index is 11.6. The van der Waals surface area contributed by atoms with Crippen LogP contribution in [0.3, 0.4) is 0 Å². The van der Waals surface area contributed by atoms with Crippen LogP contribution in [-0.2, 0) is 16.1 Å². The first kappa shape index (κ1) is 11.1. The summed E-state index contributed by atoms with van der Waals surface area (Å²) >= 11 is 0. The first-order chi connectivity index (χ1) is 7.77. The van der Waals surface area contributed by atoms with E-state index in [1.165, 1.54) is 0 Å². The van der Waals surface area contributed by atoms with Crippen molar-refractivity contribution in [3.8, 4) is 0 Å². The number of rotatable bonds is 4. The predicted molar refractivity (Wildman–Crippen MR) is 60.6 cm³/mol. The second-order valence-corrected chi connectivity index (χ2v) is 4.04. The molecule has 86 valence electrons. The van der Waals surface area contributed by atoms with Crippen molar-refractivity contribution in [2.75, 3.05) is 13.1 Å². The molecule has 1 fully saturated rings. The average Bonchev–Trinajstić information content (AvgIpc) is 2.25. The van der Waals surface area contributed by atoms with Gasteiger partial charge in [0.2, 0.25) is 0 Å². The zero-order chi connectivity index (χ0) is 11.4. The smallest absolute Gasteiger partial charge is 0.323 e. The Balaban J connectivity index is 1.79. The maximum Gasteiger partial charge on any atom is 0.323 e. The van der Waals surface area contributed by atoms with Crippen LogP contribution in [0, 0.1) is 5.92 Å². The summed E-state index contributed by atoms with van der Waals surface area (Å²) in [7, 11) is 0. The molecule has 1 unspecified atom stereocenters. The molecule has 1 saturated heterocycles. The third-order valence-corrected chi connectivity index (χ3v) is 2.82. The van der Waals surface area contributed by atoms with Gasteiger partial charge in [0.05, 0.1) is 0 Å². The molecule has 0 saturated carbocycles. The van der Waals surface area contributed by atoms with Crippen molar-refractivity contribution in [1.82, 2.24) is 5.32 Å². The summed E-state index contributed by atoms with van der Waals surface area (Å²) < 4.78 is 5.16. The quantitative estimate of drug-likeness (QED) is 0.715. The van der Waals surface area contributed by atoms with Crippen LogP contribution < -0.4 is 11.1 Å². The molecule has 0 radical (unpaired) electrons. The number of nitrogens with one attached hydrogen (secondary N) is 1. The first-order valence-electron chi connectivity index (χ1n) is 5.44. The molecule has 16 heavy (non-hydrogen) atoms. The van der Waals surface area contributed by atoms with E-state index in [2.05, 4.69) is 5.32 Å². The molecule has 0 aromatic heterocycles. The van der Waals surface area contributed by atoms with Crippen molar-refractivity contribution in [3.63, 3.8) is 0 Å². The van der Waals surface area contributed by atoms with Crippen LogP contribution in [0.2, 0.25) is 0 Å². The second kappa shape index (κ2) is 5.09. The fourth-order valence-corrected chi connectivity index (χ4v) is 1.58. The van der Waals surface area contributed by atoms with E-state index in [4.69, 9.17) is 10.5 Å². The normalized spacial score (nSPS) is 17.6. The van der Waals surface area contributed by atoms with E-state index in [1.54, 1.807) is 0 Å². The van der Waals surface area contributed by atoms with Crippen molar-refractivity contribution < 1.29 is 9.53 Å². The van der Waals surface area contributed by atoms with Crippen LogP contribution in [-0.4, -0.2) is 25.1 Å². The Morgan fingerprint density at radius 1 is 1.44 bits per heavy atom. The number of hydrogen-bond acceptors (Lipinski definition) is 4. The minimum absolute atomic E-state index is 0.225. The molecule has 2 rings (SSSR count). The van der Waals surface area contributed by atoms with E-state index in [0.29, 0.717) is 6.61 Å². The van der Waals surface area contributed by atoms with Crippen molar-refractivity contribution in [2.45, 2.75) is 12.6 Å². The summed E-state index contributed by atoms with van der Waals surface area (Å²) in [5.74, 6) is -0.0846. The molecule has 0 spiro atoms. The standard InChI is InChI=1S/C12H16N2O2/c13-11(10-6-14-7-10)12(15)16-8-9-4-2-1-3-5-9/h1-5,10-11,14H,6-8,13H2. The van der Waals surface area contributed by atoms with Gasteiger partial charge in [-0.2, -0.15) is 0 Å². The van der Waals surface area contributed by atoms with Crippen molar-refractivity contribution in [1.29, 1.82) is 0 Å². The molecule has 0 aliphatic carbocycles. The summed E-state index contributed by atoms with van der Waals surface area (Å²) in [6.07, 6.45) is 0. The van der Waals surface area contributed by atoms with Gasteiger partial charge in [-0.1, -0.05) is 30.3 Å². The second-order valence-electron chi connectivity index (χ2n) is 4.04. The Labute approximate surface area is 94.8 Å². The van der Waals surface area contributed by atoms with E-state index in [-0.39, 0.29) is 11.9 Å². The number of hydrogen-bond donors (Lipinski definition) is 2. The Kier molecular flexibility index (Phi) is 3.54. The fourth-order valence-electron chi connectivity index (χ4n) is 1.58. The van der Waals surface area contributed by atoms with Gasteiger partial charge < -0.3 is 15.8 Å². The van der Waals surface area contributed by atoms with Crippen molar-refractivity contribution >= 4 is 5.97 Å². The van der Waals surface area contributed by atoms with Gasteiger partial charge in [0.1, 0.15) is 12.6 Å². The van der Waals surface area contributed by atoms with Gasteiger partial charge in [-0.05, 0) is 5.56 Å². The van der Waals surface area contributed by atoms with E-state index >= 15 is 0 Å². The zero-order valence-corrected chi connectivity index (χ0v) is 9.06. The van der Waals surface area contributed by atoms with Gasteiger partial charge in [0.25, 0.3) is 0 Å². The Bertz CT molecular complexity index is 349. The molecule has 3 N–H and O–H groups in total. The predicted octanol–water partition coefficient (Wildman–Crippen LogP) is 0.276. The number of carbonyl (C=O) groups is 1. The molecule has 0 bridgehead atoms. The van der Waals surface area contributed by atoms with Crippen LogP contribution in [0.25, 0.3) is 0 Å². The summed E-state index contributed by atoms with van der Waals surface area (Å²) in [5.41, 5.74) is 6.75. The molecule has 1 aromatic rings. The lowest BCUT2D eigenvalue weighted by molar-refractivity contribution is -0.148. The van der Waals surface area contributed by atoms with Crippen molar-refractivity contribution in [2.24, 2.45) is 11.7 Å². The summed E-state index contributed by atoms with van der Waals surface area (Å²) in [5, 5.41) is 3.08. The Morgan fingerprint density at radius 3 is 2.69 bits per heavy atom. The van der Waals surface area contributed by atoms with E-state index in [0.717, 1.165) is 18.7 Å².